The van der Waals surface area contributed by atoms with Crippen molar-refractivity contribution in [3.05, 3.63) is 15.9 Å². The highest BCUT2D eigenvalue weighted by Gasteiger charge is 2.07. The van der Waals surface area contributed by atoms with Crippen LogP contribution in [-0.4, -0.2) is 10.2 Å². The summed E-state index contributed by atoms with van der Waals surface area (Å²) in [4.78, 5) is 0.908. The van der Waals surface area contributed by atoms with Crippen molar-refractivity contribution in [1.29, 1.82) is 0 Å². The van der Waals surface area contributed by atoms with Crippen LogP contribution < -0.4 is 5.73 Å². The summed E-state index contributed by atoms with van der Waals surface area (Å²) < 4.78 is 6.05. The number of nitrogens with two attached hydrogens (primary N) is 1. The average molecular weight is 246 g/mol. The Bertz CT molecular complexity index is 359. The van der Waals surface area contributed by atoms with E-state index in [-0.39, 0.29) is 6.01 Å². The maximum atomic E-state index is 5.28. The van der Waals surface area contributed by atoms with Crippen LogP contribution in [0.3, 0.4) is 0 Å². The highest BCUT2D eigenvalue weighted by atomic mass is 79.9. The molecule has 2 N–H and O–H groups in total. The number of aromatic nitrogens is 2. The molecule has 0 radical (unpaired) electrons. The fourth-order valence-electron chi connectivity index (χ4n) is 0.763. The molecule has 0 aliphatic heterocycles. The highest BCUT2D eigenvalue weighted by Crippen LogP contribution is 2.30. The molecule has 0 aliphatic carbocycles. The molecule has 12 heavy (non-hydrogen) atoms. The Morgan fingerprint density at radius 3 is 2.75 bits per heavy atom. The molecular formula is C6H4BrN3OS. The van der Waals surface area contributed by atoms with Crippen molar-refractivity contribution in [2.75, 3.05) is 5.73 Å². The summed E-state index contributed by atoms with van der Waals surface area (Å²) >= 11 is 4.85. The molecule has 0 fully saturated rings. The van der Waals surface area contributed by atoms with Crippen LogP contribution >= 0.6 is 27.3 Å². The molecule has 0 saturated heterocycles. The number of thiophene rings is 1. The van der Waals surface area contributed by atoms with Crippen molar-refractivity contribution in [1.82, 2.24) is 10.2 Å². The minimum absolute atomic E-state index is 0.0922. The van der Waals surface area contributed by atoms with E-state index in [1.807, 2.05) is 12.1 Å². The smallest absolute Gasteiger partial charge is 0.313 e. The van der Waals surface area contributed by atoms with Crippen molar-refractivity contribution in [2.24, 2.45) is 0 Å². The first-order valence-corrected chi connectivity index (χ1v) is 4.71. The Morgan fingerprint density at radius 1 is 1.42 bits per heavy atom. The maximum absolute atomic E-state index is 5.28. The quantitative estimate of drug-likeness (QED) is 0.837. The van der Waals surface area contributed by atoms with Gasteiger partial charge in [-0.2, -0.15) is 0 Å². The van der Waals surface area contributed by atoms with Crippen LogP contribution in [-0.2, 0) is 0 Å². The molecule has 0 saturated carbocycles. The molecular weight excluding hydrogens is 242 g/mol. The zero-order chi connectivity index (χ0) is 8.55. The fourth-order valence-corrected chi connectivity index (χ4v) is 2.07. The van der Waals surface area contributed by atoms with Crippen LogP contribution in [0.15, 0.2) is 20.3 Å². The van der Waals surface area contributed by atoms with Gasteiger partial charge in [0.15, 0.2) is 0 Å². The Balaban J connectivity index is 2.43. The van der Waals surface area contributed by atoms with E-state index < -0.39 is 0 Å². The first kappa shape index (κ1) is 7.75. The summed E-state index contributed by atoms with van der Waals surface area (Å²) in [6, 6.07) is 3.90. The van der Waals surface area contributed by atoms with Crippen LogP contribution in [0.1, 0.15) is 0 Å². The second-order valence-electron chi connectivity index (χ2n) is 2.05. The van der Waals surface area contributed by atoms with Gasteiger partial charge >= 0.3 is 6.01 Å². The van der Waals surface area contributed by atoms with Crippen LogP contribution in [0.25, 0.3) is 10.8 Å². The van der Waals surface area contributed by atoms with E-state index in [0.29, 0.717) is 5.89 Å². The van der Waals surface area contributed by atoms with E-state index >= 15 is 0 Å². The molecule has 4 nitrogen and oxygen atoms in total. The minimum Gasteiger partial charge on any atom is -0.403 e. The second-order valence-corrected chi connectivity index (χ2v) is 4.51. The molecule has 6 heteroatoms. The van der Waals surface area contributed by atoms with E-state index in [0.717, 1.165) is 8.66 Å². The van der Waals surface area contributed by atoms with Crippen molar-refractivity contribution >= 4 is 33.3 Å². The molecule has 2 heterocycles. The predicted molar refractivity (Wildman–Crippen MR) is 49.7 cm³/mol. The van der Waals surface area contributed by atoms with Gasteiger partial charge in [0.2, 0.25) is 0 Å². The number of hydrogen-bond acceptors (Lipinski definition) is 5. The number of anilines is 1. The zero-order valence-electron chi connectivity index (χ0n) is 5.82. The lowest BCUT2D eigenvalue weighted by Crippen LogP contribution is -1.81. The Kier molecular flexibility index (Phi) is 1.86. The minimum atomic E-state index is 0.0922. The fraction of sp³-hybridized carbons (Fsp3) is 0. The van der Waals surface area contributed by atoms with E-state index in [2.05, 4.69) is 26.1 Å². The van der Waals surface area contributed by atoms with E-state index in [9.17, 15) is 0 Å². The van der Waals surface area contributed by atoms with Crippen LogP contribution in [0.2, 0.25) is 0 Å². The number of nitrogen functional groups attached to an aromatic ring is 1. The molecule has 0 atom stereocenters. The summed E-state index contributed by atoms with van der Waals surface area (Å²) in [6.07, 6.45) is 0. The lowest BCUT2D eigenvalue weighted by atomic mass is 10.5. The van der Waals surface area contributed by atoms with Gasteiger partial charge in [-0.3, -0.25) is 0 Å². The normalized spacial score (nSPS) is 10.4. The summed E-state index contributed by atoms with van der Waals surface area (Å²) in [5, 5.41) is 7.30. The van der Waals surface area contributed by atoms with E-state index in [4.69, 9.17) is 10.2 Å². The van der Waals surface area contributed by atoms with Gasteiger partial charge in [-0.15, -0.1) is 16.4 Å². The average Bonchev–Trinajstić information content (AvgIpc) is 2.58. The van der Waals surface area contributed by atoms with Crippen LogP contribution in [0.4, 0.5) is 6.01 Å². The highest BCUT2D eigenvalue weighted by molar-refractivity contribution is 9.11. The molecule has 0 spiro atoms. The third-order valence-corrected chi connectivity index (χ3v) is 2.84. The maximum Gasteiger partial charge on any atom is 0.313 e. The topological polar surface area (TPSA) is 64.9 Å². The molecule has 0 unspecified atom stereocenters. The first-order valence-electron chi connectivity index (χ1n) is 3.10. The third-order valence-electron chi connectivity index (χ3n) is 1.22. The van der Waals surface area contributed by atoms with Gasteiger partial charge in [0, 0.05) is 0 Å². The standard InChI is InChI=1S/C6H4BrN3OS/c7-4-2-1-3(12-4)5-9-10-6(8)11-5/h1-2H,(H2,8,10). The van der Waals surface area contributed by atoms with Gasteiger partial charge in [0.1, 0.15) is 0 Å². The van der Waals surface area contributed by atoms with Gasteiger partial charge in [-0.1, -0.05) is 5.10 Å². The molecule has 0 bridgehead atoms. The first-order chi connectivity index (χ1) is 5.75. The van der Waals surface area contributed by atoms with E-state index in [1.165, 1.54) is 11.3 Å². The summed E-state index contributed by atoms with van der Waals surface area (Å²) in [7, 11) is 0. The monoisotopic (exact) mass is 245 g/mol. The van der Waals surface area contributed by atoms with Crippen molar-refractivity contribution < 1.29 is 4.42 Å². The number of rotatable bonds is 1. The van der Waals surface area contributed by atoms with Gasteiger partial charge in [0.25, 0.3) is 5.89 Å². The molecule has 0 amide bonds. The summed E-state index contributed by atoms with van der Waals surface area (Å²) in [5.41, 5.74) is 5.28. The molecule has 0 aromatic carbocycles. The SMILES string of the molecule is Nc1nnc(-c2ccc(Br)s2)o1. The van der Waals surface area contributed by atoms with Crippen LogP contribution in [0, 0.1) is 0 Å². The van der Waals surface area contributed by atoms with Gasteiger partial charge < -0.3 is 10.2 Å². The molecule has 62 valence electrons. The molecule has 0 aliphatic rings. The van der Waals surface area contributed by atoms with E-state index in [1.54, 1.807) is 0 Å². The Labute approximate surface area is 80.5 Å². The van der Waals surface area contributed by atoms with Crippen molar-refractivity contribution in [3.63, 3.8) is 0 Å². The third kappa shape index (κ3) is 1.35. The van der Waals surface area contributed by atoms with Gasteiger partial charge in [0.05, 0.1) is 8.66 Å². The van der Waals surface area contributed by atoms with Gasteiger partial charge in [-0.05, 0) is 28.1 Å². The zero-order valence-corrected chi connectivity index (χ0v) is 8.22. The van der Waals surface area contributed by atoms with Crippen molar-refractivity contribution in [2.45, 2.75) is 0 Å². The molecule has 2 aromatic rings. The number of hydrogen-bond donors (Lipinski definition) is 1. The summed E-state index contributed by atoms with van der Waals surface area (Å²) in [5.74, 6) is 0.461. The summed E-state index contributed by atoms with van der Waals surface area (Å²) in [6.45, 7) is 0. The largest absolute Gasteiger partial charge is 0.403 e. The van der Waals surface area contributed by atoms with Crippen molar-refractivity contribution in [3.8, 4) is 10.8 Å². The van der Waals surface area contributed by atoms with Crippen LogP contribution in [0.5, 0.6) is 0 Å². The lowest BCUT2D eigenvalue weighted by molar-refractivity contribution is 0.592. The predicted octanol–water partition coefficient (Wildman–Crippen LogP) is 2.14. The number of halogens is 1. The second kappa shape index (κ2) is 2.87. The number of nitrogens with zero attached hydrogens (tertiary/aromatic N) is 2. The lowest BCUT2D eigenvalue weighted by Gasteiger charge is -1.83. The molecule has 2 aromatic heterocycles. The Morgan fingerprint density at radius 2 is 2.25 bits per heavy atom. The Hall–Kier alpha value is -0.880. The van der Waals surface area contributed by atoms with Gasteiger partial charge in [-0.25, -0.2) is 0 Å². The molecule has 2 rings (SSSR count).